The summed E-state index contributed by atoms with van der Waals surface area (Å²) in [4.78, 5) is 23.9. The van der Waals surface area contributed by atoms with Crippen molar-refractivity contribution in [3.63, 3.8) is 0 Å². The van der Waals surface area contributed by atoms with E-state index in [1.807, 2.05) is 52.1 Å². The number of aromatic nitrogens is 1. The van der Waals surface area contributed by atoms with E-state index in [1.54, 1.807) is 6.92 Å². The first-order valence-electron chi connectivity index (χ1n) is 7.05. The minimum atomic E-state index is -0.232. The molecule has 0 fully saturated rings. The molecule has 0 amide bonds. The number of nitrogens with zero attached hydrogens (tertiary/aromatic N) is 1. The van der Waals surface area contributed by atoms with E-state index in [1.165, 1.54) is 0 Å². The topological polar surface area (TPSA) is 48.3 Å². The molecule has 3 rings (SSSR count). The summed E-state index contributed by atoms with van der Waals surface area (Å²) in [6, 6.07) is 15.2. The number of rotatable bonds is 4. The van der Waals surface area contributed by atoms with E-state index >= 15 is 0 Å². The van der Waals surface area contributed by atoms with Gasteiger partial charge in [-0.2, -0.15) is 0 Å². The molecule has 0 saturated heterocycles. The molecule has 0 aliphatic heterocycles. The number of fused-ring (bicyclic) bond motifs is 1. The van der Waals surface area contributed by atoms with Crippen molar-refractivity contribution in [1.82, 2.24) is 3.56 Å². The predicted molar refractivity (Wildman–Crippen MR) is 86.8 cm³/mol. The van der Waals surface area contributed by atoms with Crippen LogP contribution in [-0.4, -0.2) is 30.9 Å². The summed E-state index contributed by atoms with van der Waals surface area (Å²) in [5.74, 6) is -0.232. The Balaban J connectivity index is 1.90. The predicted octanol–water partition coefficient (Wildman–Crippen LogP) is 2.15. The van der Waals surface area contributed by atoms with Crippen LogP contribution in [0.15, 0.2) is 53.3 Å². The monoisotopic (exact) mass is 361 g/mol. The Labute approximate surface area is 133 Å². The Bertz CT molecular complexity index is 861. The zero-order valence-corrected chi connectivity index (χ0v) is 13.8. The number of hydrogen-bond acceptors (Lipinski definition) is 3. The second-order valence-corrected chi connectivity index (χ2v) is 6.91. The molecule has 112 valence electrons. The fourth-order valence-electron chi connectivity index (χ4n) is 2.27. The van der Waals surface area contributed by atoms with Gasteiger partial charge in [0.05, 0.1) is 0 Å². The van der Waals surface area contributed by atoms with Crippen LogP contribution >= 0.6 is 0 Å². The van der Waals surface area contributed by atoms with Crippen molar-refractivity contribution in [3.05, 3.63) is 64.4 Å². The number of carbonyl (C=O) groups excluding carboxylic acids is 1. The Morgan fingerprint density at radius 1 is 1.14 bits per heavy atom. The fraction of sp³-hybridized carbons (Fsp3) is 0.176. The van der Waals surface area contributed by atoms with Crippen molar-refractivity contribution in [2.45, 2.75) is 13.3 Å². The second kappa shape index (κ2) is 6.34. The number of hydrogen-bond donors (Lipinski definition) is 0. The third-order valence-corrected chi connectivity index (χ3v) is 5.65. The van der Waals surface area contributed by atoms with Crippen LogP contribution in [0.2, 0.25) is 0 Å². The Hall–Kier alpha value is -2.10. The van der Waals surface area contributed by atoms with Gasteiger partial charge in [-0.15, -0.1) is 0 Å². The average molecular weight is 360 g/mol. The summed E-state index contributed by atoms with van der Waals surface area (Å²) in [5, 5.41) is 0.790. The third-order valence-electron chi connectivity index (χ3n) is 3.32. The molecule has 0 bridgehead atoms. The van der Waals surface area contributed by atoms with Crippen LogP contribution in [0.5, 0.6) is 0 Å². The van der Waals surface area contributed by atoms with Gasteiger partial charge in [-0.1, -0.05) is 0 Å². The van der Waals surface area contributed by atoms with Crippen molar-refractivity contribution >= 4 is 30.3 Å². The quantitative estimate of drug-likeness (QED) is 0.529. The van der Waals surface area contributed by atoms with Crippen LogP contribution in [0.3, 0.4) is 0 Å². The minimum absolute atomic E-state index is 0.0314. The van der Waals surface area contributed by atoms with Gasteiger partial charge in [0.25, 0.3) is 0 Å². The van der Waals surface area contributed by atoms with Crippen molar-refractivity contribution in [2.24, 2.45) is 0 Å². The summed E-state index contributed by atoms with van der Waals surface area (Å²) in [5.41, 5.74) is 1.81. The fourth-order valence-corrected chi connectivity index (χ4v) is 4.36. The molecular formula is C17H15NO3Se. The van der Waals surface area contributed by atoms with Crippen molar-refractivity contribution in [2.75, 3.05) is 6.61 Å². The van der Waals surface area contributed by atoms with Gasteiger partial charge >= 0.3 is 134 Å². The number of esters is 1. The molecule has 0 N–H and O–H groups in total. The molecule has 3 aromatic rings. The SMILES string of the molecule is CCOC(=O)Cc1ccc(-n2[se]c3ccccc3c2=O)cc1. The molecule has 0 spiro atoms. The van der Waals surface area contributed by atoms with Gasteiger partial charge in [0.1, 0.15) is 0 Å². The van der Waals surface area contributed by atoms with Crippen molar-refractivity contribution in [3.8, 4) is 5.69 Å². The van der Waals surface area contributed by atoms with E-state index in [0.29, 0.717) is 6.61 Å². The average Bonchev–Trinajstić information content (AvgIpc) is 2.86. The van der Waals surface area contributed by atoms with E-state index in [4.69, 9.17) is 4.74 Å². The first kappa shape index (κ1) is 14.8. The van der Waals surface area contributed by atoms with E-state index in [-0.39, 0.29) is 32.7 Å². The van der Waals surface area contributed by atoms with E-state index in [2.05, 4.69) is 0 Å². The third kappa shape index (κ3) is 2.91. The van der Waals surface area contributed by atoms with E-state index in [9.17, 15) is 9.59 Å². The number of ether oxygens (including phenoxy) is 1. The van der Waals surface area contributed by atoms with Gasteiger partial charge in [0.2, 0.25) is 0 Å². The Morgan fingerprint density at radius 2 is 1.86 bits per heavy atom. The molecule has 4 nitrogen and oxygen atoms in total. The zero-order chi connectivity index (χ0) is 15.5. The van der Waals surface area contributed by atoms with Crippen molar-refractivity contribution in [1.29, 1.82) is 0 Å². The molecule has 5 heteroatoms. The number of carbonyl (C=O) groups is 1. The van der Waals surface area contributed by atoms with E-state index in [0.717, 1.165) is 20.9 Å². The molecule has 0 unspecified atom stereocenters. The van der Waals surface area contributed by atoms with Crippen molar-refractivity contribution < 1.29 is 9.53 Å². The zero-order valence-electron chi connectivity index (χ0n) is 12.1. The van der Waals surface area contributed by atoms with Gasteiger partial charge in [-0.3, -0.25) is 0 Å². The summed E-state index contributed by atoms with van der Waals surface area (Å²) in [7, 11) is 0. The van der Waals surface area contributed by atoms with Crippen LogP contribution in [0.1, 0.15) is 12.5 Å². The normalized spacial score (nSPS) is 10.8. The Morgan fingerprint density at radius 3 is 2.55 bits per heavy atom. The van der Waals surface area contributed by atoms with Crippen LogP contribution in [0.25, 0.3) is 15.3 Å². The molecule has 0 radical (unpaired) electrons. The Kier molecular flexibility index (Phi) is 4.27. The molecule has 0 aliphatic carbocycles. The van der Waals surface area contributed by atoms with Gasteiger partial charge in [-0.25, -0.2) is 0 Å². The molecule has 22 heavy (non-hydrogen) atoms. The summed E-state index contributed by atoms with van der Waals surface area (Å²) >= 11 is -0.0314. The van der Waals surface area contributed by atoms with Crippen LogP contribution in [-0.2, 0) is 16.0 Å². The number of benzene rings is 2. The molecule has 1 aromatic heterocycles. The van der Waals surface area contributed by atoms with Crippen LogP contribution in [0, 0.1) is 0 Å². The van der Waals surface area contributed by atoms with Gasteiger partial charge in [-0.05, 0) is 0 Å². The van der Waals surface area contributed by atoms with Gasteiger partial charge < -0.3 is 0 Å². The summed E-state index contributed by atoms with van der Waals surface area (Å²) in [6.07, 6.45) is 0.257. The molecule has 0 atom stereocenters. The first-order valence-corrected chi connectivity index (χ1v) is 8.67. The standard InChI is InChI=1S/C17H15NO3Se/c1-2-21-16(19)11-12-7-9-13(10-8-12)18-17(20)14-5-3-4-6-15(14)22-18/h3-10H,2,11H2,1H3. The summed E-state index contributed by atoms with van der Waals surface area (Å²) < 4.78 is 7.85. The van der Waals surface area contributed by atoms with E-state index < -0.39 is 0 Å². The molecule has 2 aromatic carbocycles. The molecule has 0 aliphatic rings. The van der Waals surface area contributed by atoms with Crippen LogP contribution in [0.4, 0.5) is 0 Å². The maximum atomic E-state index is 12.4. The maximum absolute atomic E-state index is 12.4. The molecular weight excluding hydrogens is 345 g/mol. The molecule has 0 saturated carbocycles. The van der Waals surface area contributed by atoms with Crippen LogP contribution < -0.4 is 5.56 Å². The second-order valence-electron chi connectivity index (χ2n) is 4.84. The first-order chi connectivity index (χ1) is 10.7. The molecule has 1 heterocycles. The summed E-state index contributed by atoms with van der Waals surface area (Å²) in [6.45, 7) is 2.18. The van der Waals surface area contributed by atoms with Gasteiger partial charge in [0, 0.05) is 0 Å². The van der Waals surface area contributed by atoms with Gasteiger partial charge in [0.15, 0.2) is 0 Å².